The second kappa shape index (κ2) is 18.8. The summed E-state index contributed by atoms with van der Waals surface area (Å²) in [4.78, 5) is 0. The van der Waals surface area contributed by atoms with Crippen LogP contribution in [0.25, 0.3) is 5.69 Å². The lowest BCUT2D eigenvalue weighted by atomic mass is 10.1. The van der Waals surface area contributed by atoms with Crippen LogP contribution in [0, 0.1) is 0 Å². The van der Waals surface area contributed by atoms with Crippen molar-refractivity contribution >= 4 is 0 Å². The minimum atomic E-state index is 1.17. The standard InChI is InChI=1S/C31H53N2/c1-3-5-7-9-11-13-14-16-18-23-27-32-28-29-33(30-24-20-19-21-25-30)31(32)26-22-17-15-12-10-8-6-4-2/h19-21,24-25,28-29H,3-18,22-23,26-27H2,1-2H3/q+1. The molecule has 186 valence electrons. The van der Waals surface area contributed by atoms with Crippen LogP contribution in [0.3, 0.4) is 0 Å². The van der Waals surface area contributed by atoms with E-state index in [9.17, 15) is 0 Å². The molecule has 0 unspecified atom stereocenters. The van der Waals surface area contributed by atoms with Gasteiger partial charge in [-0.15, -0.1) is 0 Å². The van der Waals surface area contributed by atoms with Crippen LogP contribution in [0.1, 0.15) is 135 Å². The van der Waals surface area contributed by atoms with E-state index >= 15 is 0 Å². The molecule has 0 spiro atoms. The Balaban J connectivity index is 1.74. The van der Waals surface area contributed by atoms with Crippen molar-refractivity contribution in [2.75, 3.05) is 0 Å². The predicted molar refractivity (Wildman–Crippen MR) is 144 cm³/mol. The molecule has 2 aromatic rings. The third-order valence-electron chi connectivity index (χ3n) is 7.05. The highest BCUT2D eigenvalue weighted by Gasteiger charge is 2.18. The Hall–Kier alpha value is -1.57. The fraction of sp³-hybridized carbons (Fsp3) is 0.710. The van der Waals surface area contributed by atoms with E-state index in [0.717, 1.165) is 0 Å². The topological polar surface area (TPSA) is 8.81 Å². The summed E-state index contributed by atoms with van der Waals surface area (Å²) < 4.78 is 4.97. The number of hydrogen-bond acceptors (Lipinski definition) is 0. The Bertz CT molecular complexity index is 688. The lowest BCUT2D eigenvalue weighted by molar-refractivity contribution is -0.704. The zero-order valence-electron chi connectivity index (χ0n) is 22.1. The van der Waals surface area contributed by atoms with Crippen molar-refractivity contribution in [3.05, 3.63) is 48.5 Å². The van der Waals surface area contributed by atoms with E-state index < -0.39 is 0 Å². The Morgan fingerprint density at radius 3 is 1.61 bits per heavy atom. The zero-order valence-corrected chi connectivity index (χ0v) is 22.1. The van der Waals surface area contributed by atoms with Crippen molar-refractivity contribution in [1.82, 2.24) is 4.57 Å². The number of rotatable bonds is 21. The van der Waals surface area contributed by atoms with Gasteiger partial charge in [-0.25, -0.2) is 4.57 Å². The van der Waals surface area contributed by atoms with Crippen LogP contribution >= 0.6 is 0 Å². The second-order valence-electron chi connectivity index (χ2n) is 10.0. The molecular weight excluding hydrogens is 400 g/mol. The van der Waals surface area contributed by atoms with Gasteiger partial charge in [-0.2, -0.15) is 4.57 Å². The average molecular weight is 454 g/mol. The largest absolute Gasteiger partial charge is 0.261 e. The van der Waals surface area contributed by atoms with Crippen molar-refractivity contribution in [2.45, 2.75) is 142 Å². The Morgan fingerprint density at radius 1 is 0.576 bits per heavy atom. The first-order chi connectivity index (χ1) is 16.4. The Morgan fingerprint density at radius 2 is 1.06 bits per heavy atom. The molecule has 1 heterocycles. The van der Waals surface area contributed by atoms with Gasteiger partial charge in [0.25, 0.3) is 5.82 Å². The van der Waals surface area contributed by atoms with Gasteiger partial charge in [0.1, 0.15) is 18.1 Å². The Labute approximate surface area is 205 Å². The SMILES string of the molecule is CCCCCCCCCCCC[n+]1ccn(-c2ccccc2)c1CCCCCCCCCC. The Kier molecular flexibility index (Phi) is 15.8. The van der Waals surface area contributed by atoms with Crippen LogP contribution in [0.15, 0.2) is 42.7 Å². The summed E-state index contributed by atoms with van der Waals surface area (Å²) >= 11 is 0. The van der Waals surface area contributed by atoms with Gasteiger partial charge in [-0.3, -0.25) is 0 Å². The molecular formula is C31H53N2+. The summed E-state index contributed by atoms with van der Waals surface area (Å²) in [7, 11) is 0. The molecule has 0 aliphatic rings. The molecule has 0 saturated heterocycles. The summed E-state index contributed by atoms with van der Waals surface area (Å²) in [5.41, 5.74) is 1.30. The monoisotopic (exact) mass is 453 g/mol. The molecule has 0 radical (unpaired) electrons. The van der Waals surface area contributed by atoms with Gasteiger partial charge in [0.2, 0.25) is 0 Å². The molecule has 0 atom stereocenters. The van der Waals surface area contributed by atoms with Gasteiger partial charge >= 0.3 is 0 Å². The summed E-state index contributed by atoms with van der Waals surface area (Å²) in [5, 5.41) is 0. The highest BCUT2D eigenvalue weighted by Crippen LogP contribution is 2.15. The van der Waals surface area contributed by atoms with Crippen molar-refractivity contribution < 1.29 is 4.57 Å². The lowest BCUT2D eigenvalue weighted by Gasteiger charge is -2.06. The molecule has 0 fully saturated rings. The van der Waals surface area contributed by atoms with Crippen molar-refractivity contribution in [1.29, 1.82) is 0 Å². The molecule has 2 heteroatoms. The first kappa shape index (κ1) is 27.7. The smallest absolute Gasteiger partial charge is 0.234 e. The van der Waals surface area contributed by atoms with Crippen LogP contribution in [-0.2, 0) is 13.0 Å². The number of unbranched alkanes of at least 4 members (excludes halogenated alkanes) is 16. The van der Waals surface area contributed by atoms with Gasteiger partial charge in [0, 0.05) is 6.42 Å². The molecule has 1 aromatic carbocycles. The maximum absolute atomic E-state index is 2.54. The van der Waals surface area contributed by atoms with Crippen LogP contribution in [0.2, 0.25) is 0 Å². The molecule has 2 rings (SSSR count). The number of imidazole rings is 1. The van der Waals surface area contributed by atoms with Crippen LogP contribution in [0.5, 0.6) is 0 Å². The number of hydrogen-bond donors (Lipinski definition) is 0. The van der Waals surface area contributed by atoms with Crippen LogP contribution in [0.4, 0.5) is 0 Å². The molecule has 0 aliphatic heterocycles. The number of aryl methyl sites for hydroxylation is 1. The maximum atomic E-state index is 2.54. The fourth-order valence-corrected chi connectivity index (χ4v) is 4.94. The van der Waals surface area contributed by atoms with Crippen LogP contribution < -0.4 is 4.57 Å². The molecule has 33 heavy (non-hydrogen) atoms. The second-order valence-corrected chi connectivity index (χ2v) is 10.0. The minimum Gasteiger partial charge on any atom is -0.234 e. The van der Waals surface area contributed by atoms with Crippen molar-refractivity contribution in [3.63, 3.8) is 0 Å². The third kappa shape index (κ3) is 11.9. The highest BCUT2D eigenvalue weighted by atomic mass is 15.1. The molecule has 0 amide bonds. The summed E-state index contributed by atoms with van der Waals surface area (Å²) in [6.07, 6.45) is 30.9. The quantitative estimate of drug-likeness (QED) is 0.131. The zero-order chi connectivity index (χ0) is 23.4. The number of nitrogens with zero attached hydrogens (tertiary/aromatic N) is 2. The van der Waals surface area contributed by atoms with Gasteiger partial charge in [-0.05, 0) is 31.4 Å². The molecule has 0 bridgehead atoms. The summed E-state index contributed by atoms with van der Waals surface area (Å²) in [6.45, 7) is 5.77. The number of aromatic nitrogens is 2. The highest BCUT2D eigenvalue weighted by molar-refractivity contribution is 5.31. The fourth-order valence-electron chi connectivity index (χ4n) is 4.94. The van der Waals surface area contributed by atoms with E-state index in [1.165, 1.54) is 140 Å². The molecule has 1 aromatic heterocycles. The van der Waals surface area contributed by atoms with Gasteiger partial charge in [0.05, 0.1) is 6.54 Å². The first-order valence-electron chi connectivity index (χ1n) is 14.5. The number of para-hydroxylation sites is 1. The normalized spacial score (nSPS) is 11.3. The molecule has 0 aliphatic carbocycles. The number of benzene rings is 1. The van der Waals surface area contributed by atoms with Gasteiger partial charge in [-0.1, -0.05) is 128 Å². The van der Waals surface area contributed by atoms with Crippen LogP contribution in [-0.4, -0.2) is 4.57 Å². The minimum absolute atomic E-state index is 1.17. The van der Waals surface area contributed by atoms with E-state index in [1.807, 2.05) is 0 Å². The lowest BCUT2D eigenvalue weighted by Crippen LogP contribution is -2.37. The van der Waals surface area contributed by atoms with E-state index in [-0.39, 0.29) is 0 Å². The van der Waals surface area contributed by atoms with E-state index in [0.29, 0.717) is 0 Å². The van der Waals surface area contributed by atoms with Crippen molar-refractivity contribution in [2.24, 2.45) is 0 Å². The van der Waals surface area contributed by atoms with E-state index in [2.05, 4.69) is 65.7 Å². The van der Waals surface area contributed by atoms with Gasteiger partial charge < -0.3 is 0 Å². The van der Waals surface area contributed by atoms with E-state index in [4.69, 9.17) is 0 Å². The third-order valence-corrected chi connectivity index (χ3v) is 7.05. The predicted octanol–water partition coefficient (Wildman–Crippen LogP) is 9.37. The summed E-state index contributed by atoms with van der Waals surface area (Å²) in [6, 6.07) is 10.9. The van der Waals surface area contributed by atoms with Gasteiger partial charge in [0.15, 0.2) is 0 Å². The van der Waals surface area contributed by atoms with Crippen molar-refractivity contribution in [3.8, 4) is 5.69 Å². The maximum Gasteiger partial charge on any atom is 0.261 e. The average Bonchev–Trinajstić information content (AvgIpc) is 3.25. The molecule has 2 nitrogen and oxygen atoms in total. The molecule has 0 N–H and O–H groups in total. The van der Waals surface area contributed by atoms with E-state index in [1.54, 1.807) is 0 Å². The first-order valence-corrected chi connectivity index (χ1v) is 14.5. The summed E-state index contributed by atoms with van der Waals surface area (Å²) in [5.74, 6) is 1.49. The molecule has 0 saturated carbocycles.